The van der Waals surface area contributed by atoms with Gasteiger partial charge >= 0.3 is 5.97 Å². The summed E-state index contributed by atoms with van der Waals surface area (Å²) in [6.07, 6.45) is 22.3. The van der Waals surface area contributed by atoms with E-state index in [0.717, 1.165) is 116 Å². The van der Waals surface area contributed by atoms with E-state index in [0.29, 0.717) is 12.0 Å². The normalized spacial score (nSPS) is 27.8. The van der Waals surface area contributed by atoms with E-state index in [9.17, 15) is 25.2 Å². The van der Waals surface area contributed by atoms with Crippen LogP contribution in [0.5, 0.6) is 0 Å². The van der Waals surface area contributed by atoms with Gasteiger partial charge in [0.05, 0.1) is 48.8 Å². The smallest absolute Gasteiger partial charge is 0.334 e. The Labute approximate surface area is 273 Å². The highest BCUT2D eigenvalue weighted by atomic mass is 16.6. The molecule has 0 saturated carbocycles. The van der Waals surface area contributed by atoms with Gasteiger partial charge in [-0.1, -0.05) is 90.4 Å². The van der Waals surface area contributed by atoms with E-state index >= 15 is 0 Å². The summed E-state index contributed by atoms with van der Waals surface area (Å²) < 4.78 is 17.6. The predicted molar refractivity (Wildman–Crippen MR) is 177 cm³/mol. The first-order valence-electron chi connectivity index (χ1n) is 18.7. The number of aliphatic hydroxyl groups excluding tert-OH is 4. The third-order valence-corrected chi connectivity index (χ3v) is 10.1. The van der Waals surface area contributed by atoms with Crippen LogP contribution in [-0.2, 0) is 19.0 Å². The quantitative estimate of drug-likeness (QED) is 0.0634. The Morgan fingerprint density at radius 2 is 1.09 bits per heavy atom. The average Bonchev–Trinajstić information content (AvgIpc) is 3.76. The van der Waals surface area contributed by atoms with Crippen molar-refractivity contribution in [1.29, 1.82) is 0 Å². The Hall–Kier alpha value is -1.03. The number of unbranched alkanes of at least 4 members (excludes halogenated alkanes) is 10. The van der Waals surface area contributed by atoms with E-state index in [4.69, 9.17) is 14.2 Å². The molecule has 4 N–H and O–H groups in total. The monoisotopic (exact) mass is 638 g/mol. The molecule has 3 aliphatic heterocycles. The van der Waals surface area contributed by atoms with Crippen molar-refractivity contribution in [3.8, 4) is 0 Å². The zero-order valence-electron chi connectivity index (χ0n) is 28.5. The molecule has 0 aromatic carbocycles. The summed E-state index contributed by atoms with van der Waals surface area (Å²) in [7, 11) is 0. The molecule has 45 heavy (non-hydrogen) atoms. The zero-order valence-corrected chi connectivity index (χ0v) is 28.5. The maximum absolute atomic E-state index is 11.7. The van der Waals surface area contributed by atoms with Crippen LogP contribution in [0.15, 0.2) is 11.6 Å². The Morgan fingerprint density at radius 1 is 0.644 bits per heavy atom. The van der Waals surface area contributed by atoms with Gasteiger partial charge in [0.25, 0.3) is 0 Å². The molecule has 3 heterocycles. The van der Waals surface area contributed by atoms with Gasteiger partial charge in [0.15, 0.2) is 0 Å². The van der Waals surface area contributed by atoms with Gasteiger partial charge in [-0.25, -0.2) is 4.79 Å². The molecule has 262 valence electrons. The van der Waals surface area contributed by atoms with Gasteiger partial charge in [-0.05, 0) is 70.8 Å². The number of hydrogen-bond donors (Lipinski definition) is 4. The van der Waals surface area contributed by atoms with Crippen LogP contribution in [0.1, 0.15) is 162 Å². The molecule has 0 bridgehead atoms. The Kier molecular flexibility index (Phi) is 18.6. The van der Waals surface area contributed by atoms with E-state index in [1.54, 1.807) is 0 Å². The predicted octanol–water partition coefficient (Wildman–Crippen LogP) is 6.83. The molecule has 0 spiro atoms. The Balaban J connectivity index is 1.13. The van der Waals surface area contributed by atoms with E-state index < -0.39 is 18.3 Å². The minimum Gasteiger partial charge on any atom is -0.455 e. The molecule has 8 heteroatoms. The number of cyclic esters (lactones) is 1. The molecule has 2 saturated heterocycles. The number of esters is 1. The lowest BCUT2D eigenvalue weighted by Crippen LogP contribution is -2.33. The van der Waals surface area contributed by atoms with Gasteiger partial charge in [0.1, 0.15) is 6.10 Å². The van der Waals surface area contributed by atoms with Crippen LogP contribution >= 0.6 is 0 Å². The second-order valence-electron chi connectivity index (χ2n) is 14.2. The second kappa shape index (κ2) is 21.8. The van der Waals surface area contributed by atoms with Crippen molar-refractivity contribution >= 4 is 5.97 Å². The lowest BCUT2D eigenvalue weighted by atomic mass is 10.00. The van der Waals surface area contributed by atoms with Gasteiger partial charge in [0.2, 0.25) is 0 Å². The summed E-state index contributed by atoms with van der Waals surface area (Å²) in [6.45, 7) is 3.94. The van der Waals surface area contributed by atoms with Crippen molar-refractivity contribution in [2.45, 2.75) is 216 Å². The zero-order chi connectivity index (χ0) is 32.4. The van der Waals surface area contributed by atoms with Gasteiger partial charge in [-0.3, -0.25) is 0 Å². The van der Waals surface area contributed by atoms with E-state index in [1.807, 2.05) is 13.0 Å². The van der Waals surface area contributed by atoms with Crippen LogP contribution < -0.4 is 0 Å². The van der Waals surface area contributed by atoms with Crippen LogP contribution in [0.4, 0.5) is 0 Å². The summed E-state index contributed by atoms with van der Waals surface area (Å²) >= 11 is 0. The average molecular weight is 639 g/mol. The molecule has 0 aromatic heterocycles. The molecule has 0 aliphatic carbocycles. The molecule has 8 nitrogen and oxygen atoms in total. The topological polar surface area (TPSA) is 126 Å². The molecule has 0 amide bonds. The lowest BCUT2D eigenvalue weighted by molar-refractivity contribution is -0.139. The molecule has 0 radical (unpaired) electrons. The van der Waals surface area contributed by atoms with E-state index in [-0.39, 0.29) is 42.6 Å². The number of carbonyl (C=O) groups excluding carboxylic acids is 1. The maximum atomic E-state index is 11.7. The fourth-order valence-corrected chi connectivity index (χ4v) is 7.36. The highest BCUT2D eigenvalue weighted by molar-refractivity contribution is 5.90. The molecule has 3 rings (SSSR count). The second-order valence-corrected chi connectivity index (χ2v) is 14.2. The molecule has 0 aromatic rings. The van der Waals surface area contributed by atoms with E-state index in [2.05, 4.69) is 6.92 Å². The molecular weight excluding hydrogens is 572 g/mol. The Morgan fingerprint density at radius 3 is 1.53 bits per heavy atom. The number of ether oxygens (including phenoxy) is 3. The van der Waals surface area contributed by atoms with Crippen molar-refractivity contribution in [2.24, 2.45) is 0 Å². The molecule has 9 atom stereocenters. The molecular formula is C37H66O8. The Bertz CT molecular complexity index is 833. The van der Waals surface area contributed by atoms with Crippen molar-refractivity contribution in [1.82, 2.24) is 0 Å². The summed E-state index contributed by atoms with van der Waals surface area (Å²) in [5.74, 6) is -0.285. The van der Waals surface area contributed by atoms with Crippen LogP contribution in [0.2, 0.25) is 0 Å². The number of carbonyl (C=O) groups is 1. The first-order chi connectivity index (χ1) is 21.8. The van der Waals surface area contributed by atoms with Crippen LogP contribution in [-0.4, -0.2) is 81.3 Å². The number of aliphatic hydroxyl groups is 4. The van der Waals surface area contributed by atoms with Crippen molar-refractivity contribution < 1.29 is 39.4 Å². The summed E-state index contributed by atoms with van der Waals surface area (Å²) in [5, 5.41) is 41.5. The van der Waals surface area contributed by atoms with Crippen LogP contribution in [0, 0.1) is 0 Å². The third kappa shape index (κ3) is 14.7. The largest absolute Gasteiger partial charge is 0.455 e. The summed E-state index contributed by atoms with van der Waals surface area (Å²) in [5.41, 5.74) is 0.612. The molecule has 0 unspecified atom stereocenters. The number of rotatable bonds is 25. The lowest BCUT2D eigenvalue weighted by Gasteiger charge is -2.24. The van der Waals surface area contributed by atoms with Gasteiger partial charge in [-0.2, -0.15) is 0 Å². The molecule has 3 aliphatic rings. The first kappa shape index (κ1) is 38.4. The van der Waals surface area contributed by atoms with Crippen molar-refractivity contribution in [3.05, 3.63) is 11.6 Å². The highest BCUT2D eigenvalue weighted by Gasteiger charge is 2.40. The molecule has 2 fully saturated rings. The fraction of sp³-hybridized carbons (Fsp3) is 0.919. The number of hydrogen-bond acceptors (Lipinski definition) is 8. The van der Waals surface area contributed by atoms with Gasteiger partial charge < -0.3 is 34.6 Å². The summed E-state index contributed by atoms with van der Waals surface area (Å²) in [6, 6.07) is 0. The van der Waals surface area contributed by atoms with Gasteiger partial charge in [0, 0.05) is 12.0 Å². The first-order valence-corrected chi connectivity index (χ1v) is 18.7. The minimum absolute atomic E-state index is 0.0254. The van der Waals surface area contributed by atoms with Crippen molar-refractivity contribution in [3.63, 3.8) is 0 Å². The third-order valence-electron chi connectivity index (χ3n) is 10.1. The minimum atomic E-state index is -0.470. The summed E-state index contributed by atoms with van der Waals surface area (Å²) in [4.78, 5) is 11.7. The highest BCUT2D eigenvalue weighted by Crippen LogP contribution is 2.34. The van der Waals surface area contributed by atoms with Crippen LogP contribution in [0.3, 0.4) is 0 Å². The van der Waals surface area contributed by atoms with E-state index in [1.165, 1.54) is 25.7 Å². The standard InChI is InChI=1S/C37H66O8/c1-3-16-29(38)17-12-10-11-15-20-32(41)34-22-24-36(45-34)35-23-21-33(44-35)31(40)19-14-9-7-5-4-6-8-13-18-30(39)26-28-25-27(2)43-37(28)42/h25,27,29-36,38-41H,3-24,26H2,1-2H3/t27-,29-,30+,31+,32-,33-,34-,35-,36-/m0/s1. The van der Waals surface area contributed by atoms with Crippen molar-refractivity contribution in [2.75, 3.05) is 0 Å². The van der Waals surface area contributed by atoms with Gasteiger partial charge in [-0.15, -0.1) is 0 Å². The van der Waals surface area contributed by atoms with Crippen LogP contribution in [0.25, 0.3) is 0 Å². The maximum Gasteiger partial charge on any atom is 0.334 e. The fourth-order valence-electron chi connectivity index (χ4n) is 7.36. The SMILES string of the molecule is CCC[C@H](O)CCCCCC[C@H](O)[C@@H]1CC[C@@H]([C@@H]2CC[C@@H]([C@H](O)CCCCCCCCCC[C@@H](O)CC3=C[C@H](C)OC3=O)O2)O1.